The second kappa shape index (κ2) is 7.84. The van der Waals surface area contributed by atoms with Gasteiger partial charge in [0, 0.05) is 6.61 Å². The maximum absolute atomic E-state index is 11.6. The molecule has 118 valence electrons. The Balaban J connectivity index is 2.17. The van der Waals surface area contributed by atoms with Gasteiger partial charge in [-0.15, -0.1) is 0 Å². The van der Waals surface area contributed by atoms with Crippen LogP contribution < -0.4 is 5.32 Å². The lowest BCUT2D eigenvalue weighted by Gasteiger charge is -2.28. The predicted octanol–water partition coefficient (Wildman–Crippen LogP) is 2.47. The molecule has 1 amide bonds. The van der Waals surface area contributed by atoms with Crippen molar-refractivity contribution in [2.75, 3.05) is 13.2 Å². The minimum absolute atomic E-state index is 0.0691. The van der Waals surface area contributed by atoms with Gasteiger partial charge in [0.05, 0.1) is 18.8 Å². The highest BCUT2D eigenvalue weighted by Crippen LogP contribution is 2.25. The second-order valence-corrected chi connectivity index (χ2v) is 6.71. The Kier molecular flexibility index (Phi) is 6.76. The molecule has 0 unspecified atom stereocenters. The summed E-state index contributed by atoms with van der Waals surface area (Å²) in [6.07, 6.45) is 3.87. The van der Waals surface area contributed by atoms with E-state index in [-0.39, 0.29) is 18.8 Å². The number of alkyl carbamates (subject to hydrolysis) is 1. The summed E-state index contributed by atoms with van der Waals surface area (Å²) in [6.45, 7) is 8.20. The third-order valence-corrected chi connectivity index (χ3v) is 3.40. The number of hydrogen-bond donors (Lipinski definition) is 2. The van der Waals surface area contributed by atoms with E-state index < -0.39 is 11.7 Å². The van der Waals surface area contributed by atoms with E-state index in [2.05, 4.69) is 5.32 Å². The zero-order valence-corrected chi connectivity index (χ0v) is 13.1. The van der Waals surface area contributed by atoms with Crippen molar-refractivity contribution in [3.63, 3.8) is 0 Å². The summed E-state index contributed by atoms with van der Waals surface area (Å²) in [7, 11) is 0. The first-order valence-electron chi connectivity index (χ1n) is 7.52. The molecule has 5 nitrogen and oxygen atoms in total. The quantitative estimate of drug-likeness (QED) is 0.815. The fourth-order valence-electron chi connectivity index (χ4n) is 2.31. The maximum Gasteiger partial charge on any atom is 0.407 e. The van der Waals surface area contributed by atoms with Crippen LogP contribution in [-0.4, -0.2) is 42.2 Å². The minimum Gasteiger partial charge on any atom is -0.444 e. The van der Waals surface area contributed by atoms with Crippen LogP contribution in [0.5, 0.6) is 0 Å². The van der Waals surface area contributed by atoms with E-state index in [1.807, 2.05) is 27.7 Å². The number of amides is 1. The molecule has 1 saturated carbocycles. The number of aliphatic hydroxyl groups excluding tert-OH is 1. The Hall–Kier alpha value is -0.810. The number of carbonyl (C=O) groups excluding carboxylic acids is 1. The van der Waals surface area contributed by atoms with Crippen LogP contribution in [0.1, 0.15) is 53.4 Å². The fraction of sp³-hybridized carbons (Fsp3) is 0.933. The van der Waals surface area contributed by atoms with Crippen molar-refractivity contribution >= 4 is 6.09 Å². The maximum atomic E-state index is 11.6. The Labute approximate surface area is 122 Å². The molecule has 1 aliphatic carbocycles. The Morgan fingerprint density at radius 2 is 1.90 bits per heavy atom. The molecule has 0 heterocycles. The van der Waals surface area contributed by atoms with Gasteiger partial charge >= 0.3 is 6.09 Å². The first-order chi connectivity index (χ1) is 9.30. The van der Waals surface area contributed by atoms with Gasteiger partial charge in [0.15, 0.2) is 0 Å². The second-order valence-electron chi connectivity index (χ2n) is 6.71. The monoisotopic (exact) mass is 287 g/mol. The van der Waals surface area contributed by atoms with Gasteiger partial charge in [-0.05, 0) is 59.3 Å². The van der Waals surface area contributed by atoms with Gasteiger partial charge in [-0.3, -0.25) is 0 Å². The van der Waals surface area contributed by atoms with Crippen LogP contribution in [-0.2, 0) is 9.47 Å². The van der Waals surface area contributed by atoms with Gasteiger partial charge < -0.3 is 19.9 Å². The lowest BCUT2D eigenvalue weighted by Crippen LogP contribution is -2.40. The summed E-state index contributed by atoms with van der Waals surface area (Å²) in [5.74, 6) is 0.437. The van der Waals surface area contributed by atoms with E-state index in [1.165, 1.54) is 0 Å². The first kappa shape index (κ1) is 17.2. The van der Waals surface area contributed by atoms with E-state index in [4.69, 9.17) is 14.6 Å². The Morgan fingerprint density at radius 1 is 1.30 bits per heavy atom. The van der Waals surface area contributed by atoms with Gasteiger partial charge in [0.1, 0.15) is 5.60 Å². The highest BCUT2D eigenvalue weighted by molar-refractivity contribution is 5.68. The van der Waals surface area contributed by atoms with Crippen LogP contribution >= 0.6 is 0 Å². The van der Waals surface area contributed by atoms with Gasteiger partial charge in [-0.1, -0.05) is 0 Å². The summed E-state index contributed by atoms with van der Waals surface area (Å²) in [4.78, 5) is 11.6. The topological polar surface area (TPSA) is 67.8 Å². The van der Waals surface area contributed by atoms with Gasteiger partial charge in [-0.2, -0.15) is 0 Å². The lowest BCUT2D eigenvalue weighted by atomic mass is 9.88. The average Bonchev–Trinajstić information content (AvgIpc) is 2.34. The third-order valence-electron chi connectivity index (χ3n) is 3.40. The molecular weight excluding hydrogens is 258 g/mol. The van der Waals surface area contributed by atoms with Crippen molar-refractivity contribution in [2.45, 2.75) is 71.1 Å². The molecule has 2 N–H and O–H groups in total. The third kappa shape index (κ3) is 7.10. The lowest BCUT2D eigenvalue weighted by molar-refractivity contribution is -0.000413. The van der Waals surface area contributed by atoms with E-state index >= 15 is 0 Å². The number of ether oxygens (including phenoxy) is 2. The molecule has 0 spiro atoms. The summed E-state index contributed by atoms with van der Waals surface area (Å²) in [5, 5.41) is 11.9. The van der Waals surface area contributed by atoms with E-state index in [1.54, 1.807) is 0 Å². The summed E-state index contributed by atoms with van der Waals surface area (Å²) in [5.41, 5.74) is -0.479. The van der Waals surface area contributed by atoms with Crippen molar-refractivity contribution in [3.05, 3.63) is 0 Å². The number of nitrogens with one attached hydrogen (secondary N) is 1. The summed E-state index contributed by atoms with van der Waals surface area (Å²) in [6, 6.07) is -0.0691. The molecule has 20 heavy (non-hydrogen) atoms. The fourth-order valence-corrected chi connectivity index (χ4v) is 2.31. The molecule has 1 aliphatic rings. The molecule has 0 radical (unpaired) electrons. The Bertz CT molecular complexity index is 293. The van der Waals surface area contributed by atoms with E-state index in [0.29, 0.717) is 12.5 Å². The van der Waals surface area contributed by atoms with Crippen molar-refractivity contribution in [1.82, 2.24) is 5.32 Å². The highest BCUT2D eigenvalue weighted by atomic mass is 16.6. The predicted molar refractivity (Wildman–Crippen MR) is 77.6 cm³/mol. The minimum atomic E-state index is -0.479. The van der Waals surface area contributed by atoms with E-state index in [9.17, 15) is 4.79 Å². The molecule has 0 aliphatic heterocycles. The first-order valence-corrected chi connectivity index (χ1v) is 7.52. The van der Waals surface area contributed by atoms with Gasteiger partial charge in [0.2, 0.25) is 0 Å². The molecule has 0 saturated heterocycles. The van der Waals surface area contributed by atoms with Crippen molar-refractivity contribution in [3.8, 4) is 0 Å². The molecule has 1 rings (SSSR count). The largest absolute Gasteiger partial charge is 0.444 e. The van der Waals surface area contributed by atoms with Crippen LogP contribution in [0.15, 0.2) is 0 Å². The molecule has 0 bridgehead atoms. The van der Waals surface area contributed by atoms with Gasteiger partial charge in [0.25, 0.3) is 0 Å². The van der Waals surface area contributed by atoms with Crippen molar-refractivity contribution in [1.29, 1.82) is 0 Å². The summed E-state index contributed by atoms with van der Waals surface area (Å²) >= 11 is 0. The standard InChI is InChI=1S/C15H29NO4/c1-11(16-14(18)20-15(2,3)4)10-19-13-7-5-12(9-17)6-8-13/h11-13,17H,5-10H2,1-4H3,(H,16,18)/t11-,12?,13?/m1/s1. The zero-order valence-electron chi connectivity index (χ0n) is 13.1. The molecular formula is C15H29NO4. The molecule has 0 aromatic heterocycles. The normalized spacial score (nSPS) is 25.1. The number of hydrogen-bond acceptors (Lipinski definition) is 4. The van der Waals surface area contributed by atoms with Gasteiger partial charge in [-0.25, -0.2) is 4.79 Å². The molecule has 1 fully saturated rings. The van der Waals surface area contributed by atoms with Crippen LogP contribution in [0.3, 0.4) is 0 Å². The molecule has 5 heteroatoms. The number of aliphatic hydroxyl groups is 1. The van der Waals surface area contributed by atoms with Crippen LogP contribution in [0.4, 0.5) is 4.79 Å². The van der Waals surface area contributed by atoms with Crippen LogP contribution in [0.25, 0.3) is 0 Å². The van der Waals surface area contributed by atoms with Crippen LogP contribution in [0, 0.1) is 5.92 Å². The van der Waals surface area contributed by atoms with Crippen molar-refractivity contribution in [2.24, 2.45) is 5.92 Å². The summed E-state index contributed by atoms with van der Waals surface area (Å²) < 4.78 is 11.0. The molecule has 0 aromatic rings. The number of rotatable bonds is 5. The average molecular weight is 287 g/mol. The smallest absolute Gasteiger partial charge is 0.407 e. The zero-order chi connectivity index (χ0) is 15.2. The number of carbonyl (C=O) groups is 1. The van der Waals surface area contributed by atoms with E-state index in [0.717, 1.165) is 25.7 Å². The molecule has 1 atom stereocenters. The van der Waals surface area contributed by atoms with Crippen LogP contribution in [0.2, 0.25) is 0 Å². The molecule has 0 aromatic carbocycles. The Morgan fingerprint density at radius 3 is 2.40 bits per heavy atom. The van der Waals surface area contributed by atoms with Crippen molar-refractivity contribution < 1.29 is 19.4 Å². The highest BCUT2D eigenvalue weighted by Gasteiger charge is 2.22. The SMILES string of the molecule is C[C@H](COC1CCC(CO)CC1)NC(=O)OC(C)(C)C.